The van der Waals surface area contributed by atoms with E-state index in [4.69, 9.17) is 33.2 Å². The number of hydrogen-bond donors (Lipinski definition) is 2. The van der Waals surface area contributed by atoms with Crippen LogP contribution in [0.15, 0.2) is 72.8 Å². The number of methoxy groups -OCH3 is 5. The molecule has 0 saturated heterocycles. The zero-order valence-corrected chi connectivity index (χ0v) is 28.0. The number of carbonyl (C=O) groups is 1. The van der Waals surface area contributed by atoms with Crippen LogP contribution in [0, 0.1) is 0 Å². The van der Waals surface area contributed by atoms with Crippen LogP contribution in [0.1, 0.15) is 52.5 Å². The molecule has 0 aliphatic carbocycles. The van der Waals surface area contributed by atoms with E-state index < -0.39 is 0 Å². The van der Waals surface area contributed by atoms with E-state index in [9.17, 15) is 4.79 Å². The van der Waals surface area contributed by atoms with Gasteiger partial charge in [0.25, 0.3) is 5.91 Å². The van der Waals surface area contributed by atoms with Crippen LogP contribution in [0.2, 0.25) is 0 Å². The van der Waals surface area contributed by atoms with Gasteiger partial charge in [-0.1, -0.05) is 36.4 Å². The van der Waals surface area contributed by atoms with Crippen molar-refractivity contribution in [3.63, 3.8) is 0 Å². The molecule has 0 radical (unpaired) electrons. The summed E-state index contributed by atoms with van der Waals surface area (Å²) in [4.78, 5) is 12.6. The number of unbranched alkanes of at least 4 members (excludes halogenated alkanes) is 2. The first-order valence-electron chi connectivity index (χ1n) is 15.7. The molecule has 1 unspecified atom stereocenters. The molecule has 0 spiro atoms. The molecule has 10 nitrogen and oxygen atoms in total. The quantitative estimate of drug-likeness (QED) is 0.0946. The number of benzene rings is 4. The second-order valence-electron chi connectivity index (χ2n) is 11.0. The largest absolute Gasteiger partial charge is 0.493 e. The lowest BCUT2D eigenvalue weighted by atomic mass is 10.1. The number of amides is 1. The molecule has 48 heavy (non-hydrogen) atoms. The molecule has 0 fully saturated rings. The van der Waals surface area contributed by atoms with E-state index in [-0.39, 0.29) is 12.1 Å². The summed E-state index contributed by atoms with van der Waals surface area (Å²) in [5.41, 5.74) is 4.15. The first-order chi connectivity index (χ1) is 23.5. The van der Waals surface area contributed by atoms with Crippen LogP contribution >= 0.6 is 0 Å². The predicted molar refractivity (Wildman–Crippen MR) is 186 cm³/mol. The molecule has 0 saturated carbocycles. The highest BCUT2D eigenvalue weighted by atomic mass is 16.5. The minimum absolute atomic E-state index is 0.118. The maximum absolute atomic E-state index is 12.6. The monoisotopic (exact) mass is 654 g/mol. The van der Waals surface area contributed by atoms with Gasteiger partial charge in [0.05, 0.1) is 54.3 Å². The van der Waals surface area contributed by atoms with Gasteiger partial charge in [-0.05, 0) is 84.5 Å². The fourth-order valence-corrected chi connectivity index (χ4v) is 5.40. The van der Waals surface area contributed by atoms with Crippen LogP contribution in [0.3, 0.4) is 0 Å². The third-order valence-corrected chi connectivity index (χ3v) is 7.91. The van der Waals surface area contributed by atoms with E-state index in [1.54, 1.807) is 41.6 Å². The number of para-hydroxylation sites is 1. The number of anilines is 1. The topological polar surface area (TPSA) is 106 Å². The van der Waals surface area contributed by atoms with Gasteiger partial charge in [-0.2, -0.15) is 0 Å². The molecule has 1 aliphatic rings. The average Bonchev–Trinajstić information content (AvgIpc) is 3.13. The van der Waals surface area contributed by atoms with Gasteiger partial charge in [0.2, 0.25) is 5.75 Å². The summed E-state index contributed by atoms with van der Waals surface area (Å²) in [5, 5.41) is 6.36. The highest BCUT2D eigenvalue weighted by molar-refractivity contribution is 6.01. The fourth-order valence-electron chi connectivity index (χ4n) is 5.40. The Hall–Kier alpha value is -5.51. The van der Waals surface area contributed by atoms with Crippen molar-refractivity contribution in [2.45, 2.75) is 25.4 Å². The van der Waals surface area contributed by atoms with E-state index in [0.29, 0.717) is 59.0 Å². The summed E-state index contributed by atoms with van der Waals surface area (Å²) in [5.74, 6) is 4.23. The SMILES string of the molecule is COc1cc(C2NC(=O)c3ccccc3N2)ccc1OCCCCCOc1cc(/C=C\c2cc(OC)c(OC)c(OC)c2)ccc1OC. The van der Waals surface area contributed by atoms with Crippen molar-refractivity contribution in [3.05, 3.63) is 95.1 Å². The van der Waals surface area contributed by atoms with Gasteiger partial charge in [0.1, 0.15) is 6.17 Å². The average molecular weight is 655 g/mol. The van der Waals surface area contributed by atoms with Crippen molar-refractivity contribution in [1.29, 1.82) is 0 Å². The Balaban J connectivity index is 1.10. The van der Waals surface area contributed by atoms with Crippen LogP contribution < -0.4 is 43.8 Å². The predicted octanol–water partition coefficient (Wildman–Crippen LogP) is 7.38. The first kappa shape index (κ1) is 33.8. The molecule has 10 heteroatoms. The van der Waals surface area contributed by atoms with Gasteiger partial charge in [0.15, 0.2) is 34.5 Å². The molecule has 4 aromatic carbocycles. The minimum Gasteiger partial charge on any atom is -0.493 e. The van der Waals surface area contributed by atoms with Crippen LogP contribution in [-0.2, 0) is 0 Å². The van der Waals surface area contributed by atoms with Crippen LogP contribution in [-0.4, -0.2) is 54.7 Å². The van der Waals surface area contributed by atoms with Crippen LogP contribution in [0.4, 0.5) is 5.69 Å². The normalized spacial score (nSPS) is 13.6. The van der Waals surface area contributed by atoms with Gasteiger partial charge in [0, 0.05) is 5.69 Å². The Bertz CT molecular complexity index is 1710. The summed E-state index contributed by atoms with van der Waals surface area (Å²) in [6, 6.07) is 22.7. The minimum atomic E-state index is -0.368. The van der Waals surface area contributed by atoms with E-state index in [0.717, 1.165) is 41.6 Å². The van der Waals surface area contributed by atoms with Crippen LogP contribution in [0.25, 0.3) is 12.2 Å². The Morgan fingerprint density at radius 3 is 1.90 bits per heavy atom. The second kappa shape index (κ2) is 16.4. The summed E-state index contributed by atoms with van der Waals surface area (Å²) in [7, 11) is 8.02. The van der Waals surface area contributed by atoms with E-state index in [2.05, 4.69) is 10.6 Å². The van der Waals surface area contributed by atoms with Gasteiger partial charge in [-0.25, -0.2) is 0 Å². The van der Waals surface area contributed by atoms with Crippen molar-refractivity contribution in [2.24, 2.45) is 0 Å². The second-order valence-corrected chi connectivity index (χ2v) is 11.0. The van der Waals surface area contributed by atoms with Crippen molar-refractivity contribution >= 4 is 23.7 Å². The molecule has 1 heterocycles. The Labute approximate surface area is 281 Å². The molecule has 0 bridgehead atoms. The number of ether oxygens (including phenoxy) is 7. The molecule has 5 rings (SSSR count). The molecule has 0 aromatic heterocycles. The summed E-state index contributed by atoms with van der Waals surface area (Å²) < 4.78 is 39.7. The molecule has 1 atom stereocenters. The van der Waals surface area contributed by atoms with E-state index in [1.807, 2.05) is 78.9 Å². The van der Waals surface area contributed by atoms with Crippen molar-refractivity contribution in [2.75, 3.05) is 54.1 Å². The highest BCUT2D eigenvalue weighted by Crippen LogP contribution is 2.39. The van der Waals surface area contributed by atoms with Gasteiger partial charge >= 0.3 is 0 Å². The maximum Gasteiger partial charge on any atom is 0.255 e. The molecular weight excluding hydrogens is 612 g/mol. The molecule has 2 N–H and O–H groups in total. The summed E-state index contributed by atoms with van der Waals surface area (Å²) in [6.45, 7) is 1.07. The lowest BCUT2D eigenvalue weighted by Crippen LogP contribution is -2.38. The molecule has 4 aromatic rings. The Morgan fingerprint density at radius 2 is 1.21 bits per heavy atom. The van der Waals surface area contributed by atoms with Crippen molar-refractivity contribution in [1.82, 2.24) is 5.32 Å². The fraction of sp³-hybridized carbons (Fsp3) is 0.289. The van der Waals surface area contributed by atoms with Gasteiger partial charge in [-0.3, -0.25) is 4.79 Å². The van der Waals surface area contributed by atoms with Crippen molar-refractivity contribution < 1.29 is 38.0 Å². The van der Waals surface area contributed by atoms with E-state index >= 15 is 0 Å². The first-order valence-corrected chi connectivity index (χ1v) is 15.7. The number of fused-ring (bicyclic) bond motifs is 1. The van der Waals surface area contributed by atoms with Crippen molar-refractivity contribution in [3.8, 4) is 40.2 Å². The zero-order chi connectivity index (χ0) is 33.9. The molecule has 1 aliphatic heterocycles. The maximum atomic E-state index is 12.6. The summed E-state index contributed by atoms with van der Waals surface area (Å²) in [6.07, 6.45) is 6.21. The van der Waals surface area contributed by atoms with Gasteiger partial charge < -0.3 is 43.8 Å². The number of hydrogen-bond acceptors (Lipinski definition) is 9. The Morgan fingerprint density at radius 1 is 0.583 bits per heavy atom. The van der Waals surface area contributed by atoms with Crippen LogP contribution in [0.5, 0.6) is 40.2 Å². The number of rotatable bonds is 16. The third-order valence-electron chi connectivity index (χ3n) is 7.91. The number of carbonyl (C=O) groups excluding carboxylic acids is 1. The molecular formula is C38H42N2O8. The third kappa shape index (κ3) is 8.06. The van der Waals surface area contributed by atoms with Gasteiger partial charge in [-0.15, -0.1) is 0 Å². The van der Waals surface area contributed by atoms with E-state index in [1.165, 1.54) is 0 Å². The lowest BCUT2D eigenvalue weighted by molar-refractivity contribution is 0.0935. The zero-order valence-electron chi connectivity index (χ0n) is 28.0. The smallest absolute Gasteiger partial charge is 0.255 e. The standard InChI is InChI=1S/C38H42N2O8/c1-42-30-17-15-25(13-14-26-22-34(44-3)36(46-5)35(23-26)45-4)21-33(30)48-20-10-6-9-19-47-31-18-16-27(24-32(31)43-2)37-39-29-12-8-7-11-28(29)38(41)40-37/h7-8,11-18,21-24,37,39H,6,9-10,19-20H2,1-5H3,(H,40,41)/b14-13-. The molecule has 1 amide bonds. The lowest BCUT2D eigenvalue weighted by Gasteiger charge is -2.28. The summed E-state index contributed by atoms with van der Waals surface area (Å²) >= 11 is 0. The number of nitrogens with one attached hydrogen (secondary N) is 2. The molecule has 252 valence electrons. The Kier molecular flexibility index (Phi) is 11.5. The highest BCUT2D eigenvalue weighted by Gasteiger charge is 2.25.